The molecular weight excluding hydrogens is 530 g/mol. The molecule has 0 aromatic rings. The summed E-state index contributed by atoms with van der Waals surface area (Å²) >= 11 is 0. The first-order valence-corrected chi connectivity index (χ1v) is 15.9. The molecule has 2 aliphatic rings. The van der Waals surface area contributed by atoms with Gasteiger partial charge in [0.2, 0.25) is 23.6 Å². The minimum atomic E-state index is -3.88. The van der Waals surface area contributed by atoms with E-state index in [1.807, 2.05) is 11.0 Å². The van der Waals surface area contributed by atoms with Crippen molar-refractivity contribution >= 4 is 43.9 Å². The van der Waals surface area contributed by atoms with Crippen LogP contribution >= 0.6 is 0 Å². The average molecular weight is 568 g/mol. The number of amides is 4. The molecule has 37 heavy (non-hydrogen) atoms. The molecule has 4 amide bonds. The smallest absolute Gasteiger partial charge is 0.285 e. The van der Waals surface area contributed by atoms with E-state index in [9.17, 15) is 36.0 Å². The summed E-state index contributed by atoms with van der Waals surface area (Å²) in [5.41, 5.74) is 2.31. The third-order valence-electron chi connectivity index (χ3n) is 6.86. The summed E-state index contributed by atoms with van der Waals surface area (Å²) in [5, 5.41) is 2.39. The van der Waals surface area contributed by atoms with Gasteiger partial charge in [0.05, 0.1) is 12.5 Å². The molecule has 212 valence electrons. The van der Waals surface area contributed by atoms with Crippen molar-refractivity contribution in [3.63, 3.8) is 0 Å². The predicted molar refractivity (Wildman–Crippen MR) is 131 cm³/mol. The minimum absolute atomic E-state index is 0.0965. The summed E-state index contributed by atoms with van der Waals surface area (Å²) < 4.78 is 53.3. The predicted octanol–water partition coefficient (Wildman–Crippen LogP) is 1.11. The monoisotopic (exact) mass is 567 g/mol. The van der Waals surface area contributed by atoms with Gasteiger partial charge in [-0.05, 0) is 36.5 Å². The molecule has 0 aromatic carbocycles. The van der Waals surface area contributed by atoms with Gasteiger partial charge in [-0.1, -0.05) is 38.5 Å². The maximum absolute atomic E-state index is 12.8. The highest BCUT2D eigenvalue weighted by Crippen LogP contribution is 2.43. The third-order valence-corrected chi connectivity index (χ3v) is 7.64. The standard InChI is InChI=1S/C22H37N3O10S2/c1-36(30,31)34-24-19(28)15-21(9-5-3-6-10-21)13-17(26)23-18(27)14-22(11-7-4-8-12-22)16-20(29)25-35-37(2,32)33/h3-16H2,1-2H3,(H,24,28)(H,25,29)(H,23,26,27). The van der Waals surface area contributed by atoms with Crippen molar-refractivity contribution < 1.29 is 44.6 Å². The first-order valence-electron chi connectivity index (χ1n) is 12.3. The van der Waals surface area contributed by atoms with Gasteiger partial charge in [-0.25, -0.2) is 11.0 Å². The summed E-state index contributed by atoms with van der Waals surface area (Å²) in [6, 6.07) is 0. The van der Waals surface area contributed by atoms with E-state index in [1.54, 1.807) is 0 Å². The molecule has 15 heteroatoms. The fraction of sp³-hybridized carbons (Fsp3) is 0.818. The number of hydrogen-bond donors (Lipinski definition) is 3. The normalized spacial score (nSPS) is 19.4. The lowest BCUT2D eigenvalue weighted by molar-refractivity contribution is -0.135. The van der Waals surface area contributed by atoms with Gasteiger partial charge in [0.1, 0.15) is 0 Å². The summed E-state index contributed by atoms with van der Waals surface area (Å²) in [7, 11) is -7.76. The number of hydroxylamine groups is 2. The van der Waals surface area contributed by atoms with Crippen LogP contribution in [-0.2, 0) is 48.0 Å². The molecule has 2 aliphatic carbocycles. The Bertz CT molecular complexity index is 976. The van der Waals surface area contributed by atoms with Crippen molar-refractivity contribution in [2.45, 2.75) is 89.9 Å². The molecular formula is C22H37N3O10S2. The van der Waals surface area contributed by atoms with E-state index in [1.165, 1.54) is 0 Å². The van der Waals surface area contributed by atoms with Gasteiger partial charge in [0.25, 0.3) is 20.2 Å². The maximum Gasteiger partial charge on any atom is 0.285 e. The zero-order valence-corrected chi connectivity index (χ0v) is 22.9. The van der Waals surface area contributed by atoms with Gasteiger partial charge in [0.15, 0.2) is 0 Å². The number of rotatable bonds is 12. The Kier molecular flexibility index (Phi) is 11.0. The molecule has 0 atom stereocenters. The van der Waals surface area contributed by atoms with Crippen LogP contribution in [-0.4, -0.2) is 53.0 Å². The summed E-state index contributed by atoms with van der Waals surface area (Å²) in [4.78, 5) is 50.3. The number of nitrogens with one attached hydrogen (secondary N) is 3. The number of imide groups is 1. The van der Waals surface area contributed by atoms with E-state index in [0.29, 0.717) is 25.7 Å². The molecule has 13 nitrogen and oxygen atoms in total. The van der Waals surface area contributed by atoms with Crippen LogP contribution in [0.1, 0.15) is 89.9 Å². The Balaban J connectivity index is 2.00. The lowest BCUT2D eigenvalue weighted by atomic mass is 9.69. The molecule has 0 radical (unpaired) electrons. The first-order chi connectivity index (χ1) is 17.1. The van der Waals surface area contributed by atoms with Gasteiger partial charge in [-0.15, -0.1) is 8.57 Å². The minimum Gasteiger partial charge on any atom is -0.296 e. The number of carbonyl (C=O) groups is 4. The number of carbonyl (C=O) groups excluding carboxylic acids is 4. The van der Waals surface area contributed by atoms with Crippen LogP contribution in [0.4, 0.5) is 0 Å². The molecule has 2 saturated carbocycles. The highest BCUT2D eigenvalue weighted by atomic mass is 32.2. The molecule has 2 rings (SSSR count). The summed E-state index contributed by atoms with van der Waals surface area (Å²) in [6.45, 7) is 0. The highest BCUT2D eigenvalue weighted by molar-refractivity contribution is 7.86. The van der Waals surface area contributed by atoms with E-state index in [4.69, 9.17) is 0 Å². The largest absolute Gasteiger partial charge is 0.296 e. The highest BCUT2D eigenvalue weighted by Gasteiger charge is 2.39. The zero-order valence-electron chi connectivity index (χ0n) is 21.3. The van der Waals surface area contributed by atoms with Crippen LogP contribution in [0.25, 0.3) is 0 Å². The van der Waals surface area contributed by atoms with E-state index in [-0.39, 0.29) is 25.7 Å². The summed E-state index contributed by atoms with van der Waals surface area (Å²) in [6.07, 6.45) is 8.41. The van der Waals surface area contributed by atoms with Crippen LogP contribution in [0.2, 0.25) is 0 Å². The molecule has 0 aromatic heterocycles. The Morgan fingerprint density at radius 3 is 1.16 bits per heavy atom. The molecule has 3 N–H and O–H groups in total. The molecule has 0 aliphatic heterocycles. The van der Waals surface area contributed by atoms with Gasteiger partial charge in [-0.2, -0.15) is 16.8 Å². The lowest BCUT2D eigenvalue weighted by Gasteiger charge is -2.37. The van der Waals surface area contributed by atoms with E-state index in [2.05, 4.69) is 13.9 Å². The second kappa shape index (κ2) is 13.1. The van der Waals surface area contributed by atoms with Gasteiger partial charge >= 0.3 is 0 Å². The van der Waals surface area contributed by atoms with Crippen molar-refractivity contribution in [3.05, 3.63) is 0 Å². The molecule has 0 saturated heterocycles. The van der Waals surface area contributed by atoms with E-state index >= 15 is 0 Å². The molecule has 0 heterocycles. The Morgan fingerprint density at radius 2 is 0.865 bits per heavy atom. The molecule has 0 spiro atoms. The van der Waals surface area contributed by atoms with E-state index < -0.39 is 54.7 Å². The zero-order chi connectivity index (χ0) is 27.7. The lowest BCUT2D eigenvalue weighted by Crippen LogP contribution is -2.42. The SMILES string of the molecule is CS(=O)(=O)ONC(=O)CC1(CC(=O)NC(=O)CC2(CC(=O)NOS(C)(=O)=O)CCCCC2)CCCCC1. The van der Waals surface area contributed by atoms with Gasteiger partial charge in [0, 0.05) is 25.7 Å². The van der Waals surface area contributed by atoms with Crippen LogP contribution in [0, 0.1) is 10.8 Å². The Labute approximate surface area is 217 Å². The van der Waals surface area contributed by atoms with Crippen LogP contribution in [0.3, 0.4) is 0 Å². The number of hydrogen-bond acceptors (Lipinski definition) is 10. The fourth-order valence-corrected chi connectivity index (χ4v) is 5.85. The van der Waals surface area contributed by atoms with E-state index in [0.717, 1.165) is 51.0 Å². The quantitative estimate of drug-likeness (QED) is 0.288. The van der Waals surface area contributed by atoms with Crippen molar-refractivity contribution in [2.24, 2.45) is 10.8 Å². The molecule has 0 unspecified atom stereocenters. The summed E-state index contributed by atoms with van der Waals surface area (Å²) in [5.74, 6) is -2.45. The van der Waals surface area contributed by atoms with Gasteiger partial charge < -0.3 is 0 Å². The third kappa shape index (κ3) is 11.9. The van der Waals surface area contributed by atoms with Crippen molar-refractivity contribution in [1.82, 2.24) is 16.3 Å². The van der Waals surface area contributed by atoms with Crippen LogP contribution < -0.4 is 16.3 Å². The first kappa shape index (κ1) is 31.1. The topological polar surface area (TPSA) is 191 Å². The molecule has 0 bridgehead atoms. The second-order valence-electron chi connectivity index (χ2n) is 10.4. The van der Waals surface area contributed by atoms with Crippen LogP contribution in [0.5, 0.6) is 0 Å². The van der Waals surface area contributed by atoms with Crippen LogP contribution in [0.15, 0.2) is 0 Å². The van der Waals surface area contributed by atoms with Crippen molar-refractivity contribution in [1.29, 1.82) is 0 Å². The second-order valence-corrected chi connectivity index (χ2v) is 13.6. The van der Waals surface area contributed by atoms with Crippen molar-refractivity contribution in [2.75, 3.05) is 12.5 Å². The Hall–Kier alpha value is -2.10. The Morgan fingerprint density at radius 1 is 0.568 bits per heavy atom. The van der Waals surface area contributed by atoms with Gasteiger partial charge in [-0.3, -0.25) is 24.5 Å². The molecule has 2 fully saturated rings. The maximum atomic E-state index is 12.8. The van der Waals surface area contributed by atoms with Crippen molar-refractivity contribution in [3.8, 4) is 0 Å². The average Bonchev–Trinajstić information content (AvgIpc) is 2.76. The fourth-order valence-electron chi connectivity index (χ4n) is 5.36.